The number of anilines is 2. The number of hydrogen-bond acceptors (Lipinski definition) is 8. The number of ether oxygens (including phenoxy) is 1. The summed E-state index contributed by atoms with van der Waals surface area (Å²) < 4.78 is 5.78. The fourth-order valence-electron chi connectivity index (χ4n) is 3.17. The Morgan fingerprint density at radius 3 is 2.56 bits per heavy atom. The van der Waals surface area contributed by atoms with E-state index in [1.54, 1.807) is 4.90 Å². The summed E-state index contributed by atoms with van der Waals surface area (Å²) in [6, 6.07) is 18.7. The molecule has 4 rings (SSSR count). The number of carbonyl (C=O) groups excluding carboxylic acids is 3. The summed E-state index contributed by atoms with van der Waals surface area (Å²) in [5, 5.41) is 11.0. The smallest absolute Gasteiger partial charge is 0.316 e. The topological polar surface area (TPSA) is 101 Å². The van der Waals surface area contributed by atoms with Gasteiger partial charge in [-0.05, 0) is 17.7 Å². The van der Waals surface area contributed by atoms with Crippen molar-refractivity contribution in [3.8, 4) is 0 Å². The van der Waals surface area contributed by atoms with Gasteiger partial charge in [0, 0.05) is 18.7 Å². The van der Waals surface area contributed by atoms with E-state index < -0.39 is 5.92 Å². The lowest BCUT2D eigenvalue weighted by Gasteiger charge is -2.16. The lowest BCUT2D eigenvalue weighted by molar-refractivity contribution is -0.141. The van der Waals surface area contributed by atoms with Gasteiger partial charge in [-0.3, -0.25) is 14.4 Å². The zero-order valence-corrected chi connectivity index (χ0v) is 18.6. The molecule has 10 heteroatoms. The molecule has 32 heavy (non-hydrogen) atoms. The second-order valence-corrected chi connectivity index (χ2v) is 9.24. The van der Waals surface area contributed by atoms with Crippen LogP contribution in [-0.2, 0) is 25.7 Å². The van der Waals surface area contributed by atoms with Gasteiger partial charge in [-0.2, -0.15) is 0 Å². The molecule has 1 aliphatic rings. The molecule has 2 aromatic carbocycles. The molecular formula is C22H20N4O4S2. The summed E-state index contributed by atoms with van der Waals surface area (Å²) in [5.41, 5.74) is 1.70. The van der Waals surface area contributed by atoms with Crippen molar-refractivity contribution in [1.29, 1.82) is 0 Å². The van der Waals surface area contributed by atoms with Gasteiger partial charge in [0.15, 0.2) is 4.34 Å². The zero-order valence-electron chi connectivity index (χ0n) is 17.0. The Morgan fingerprint density at radius 2 is 1.81 bits per heavy atom. The molecule has 1 fully saturated rings. The second-order valence-electron chi connectivity index (χ2n) is 7.04. The summed E-state index contributed by atoms with van der Waals surface area (Å²) in [4.78, 5) is 38.5. The van der Waals surface area contributed by atoms with Crippen LogP contribution in [0.25, 0.3) is 0 Å². The lowest BCUT2D eigenvalue weighted by atomic mass is 10.1. The van der Waals surface area contributed by atoms with Gasteiger partial charge in [0.25, 0.3) is 0 Å². The number of nitrogens with zero attached hydrogens (tertiary/aromatic N) is 3. The van der Waals surface area contributed by atoms with Crippen molar-refractivity contribution in [2.45, 2.75) is 17.4 Å². The minimum Gasteiger partial charge on any atom is -0.460 e. The predicted octanol–water partition coefficient (Wildman–Crippen LogP) is 3.37. The molecule has 1 aromatic heterocycles. The van der Waals surface area contributed by atoms with Gasteiger partial charge in [-0.25, -0.2) is 0 Å². The van der Waals surface area contributed by atoms with E-state index in [4.69, 9.17) is 4.74 Å². The maximum absolute atomic E-state index is 12.6. The van der Waals surface area contributed by atoms with Crippen molar-refractivity contribution in [2.75, 3.05) is 22.5 Å². The molecule has 1 unspecified atom stereocenters. The normalized spacial score (nSPS) is 15.6. The maximum atomic E-state index is 12.6. The molecule has 1 N–H and O–H groups in total. The Hall–Kier alpha value is -3.24. The van der Waals surface area contributed by atoms with Crippen LogP contribution in [0.2, 0.25) is 0 Å². The van der Waals surface area contributed by atoms with E-state index in [1.807, 2.05) is 60.7 Å². The first-order chi connectivity index (χ1) is 15.6. The van der Waals surface area contributed by atoms with Crippen LogP contribution < -0.4 is 10.2 Å². The fourth-order valence-corrected chi connectivity index (χ4v) is 4.72. The molecule has 0 bridgehead atoms. The van der Waals surface area contributed by atoms with E-state index in [2.05, 4.69) is 15.5 Å². The van der Waals surface area contributed by atoms with E-state index in [0.717, 1.165) is 11.3 Å². The van der Waals surface area contributed by atoms with Gasteiger partial charge < -0.3 is 15.0 Å². The van der Waals surface area contributed by atoms with Crippen LogP contribution in [0.4, 0.5) is 10.8 Å². The number of thioether (sulfide) groups is 1. The van der Waals surface area contributed by atoms with Gasteiger partial charge >= 0.3 is 5.97 Å². The van der Waals surface area contributed by atoms with E-state index in [9.17, 15) is 14.4 Å². The molecular weight excluding hydrogens is 448 g/mol. The van der Waals surface area contributed by atoms with Crippen LogP contribution in [0.3, 0.4) is 0 Å². The number of benzene rings is 2. The highest BCUT2D eigenvalue weighted by atomic mass is 32.2. The summed E-state index contributed by atoms with van der Waals surface area (Å²) in [6.45, 7) is 0.542. The van der Waals surface area contributed by atoms with Crippen molar-refractivity contribution in [2.24, 2.45) is 5.92 Å². The highest BCUT2D eigenvalue weighted by Gasteiger charge is 2.35. The molecule has 0 radical (unpaired) electrons. The molecule has 1 atom stereocenters. The van der Waals surface area contributed by atoms with Crippen molar-refractivity contribution in [3.63, 3.8) is 0 Å². The molecule has 8 nitrogen and oxygen atoms in total. The average molecular weight is 469 g/mol. The third-order valence-electron chi connectivity index (χ3n) is 4.76. The predicted molar refractivity (Wildman–Crippen MR) is 122 cm³/mol. The molecule has 0 spiro atoms. The Kier molecular flexibility index (Phi) is 7.13. The highest BCUT2D eigenvalue weighted by molar-refractivity contribution is 8.01. The van der Waals surface area contributed by atoms with Crippen LogP contribution in [0.1, 0.15) is 12.0 Å². The average Bonchev–Trinajstić information content (AvgIpc) is 3.44. The number of para-hydroxylation sites is 1. The fraction of sp³-hybridized carbons (Fsp3) is 0.227. The molecule has 3 aromatic rings. The SMILES string of the molecule is O=C(CSc1nnc(NC(=O)C2CC(=O)N(c3ccccc3)C2)s1)OCc1ccccc1. The Bertz CT molecular complexity index is 1090. The quantitative estimate of drug-likeness (QED) is 0.307. The van der Waals surface area contributed by atoms with Gasteiger partial charge in [-0.15, -0.1) is 10.2 Å². The number of rotatable bonds is 8. The van der Waals surface area contributed by atoms with Gasteiger partial charge in [0.05, 0.1) is 11.7 Å². The van der Waals surface area contributed by atoms with Gasteiger partial charge in [-0.1, -0.05) is 71.6 Å². The summed E-state index contributed by atoms with van der Waals surface area (Å²) >= 11 is 2.38. The van der Waals surface area contributed by atoms with Gasteiger partial charge in [0.2, 0.25) is 16.9 Å². The van der Waals surface area contributed by atoms with Crippen molar-refractivity contribution >= 4 is 51.7 Å². The van der Waals surface area contributed by atoms with Crippen LogP contribution in [0, 0.1) is 5.92 Å². The Balaban J connectivity index is 1.24. The van der Waals surface area contributed by atoms with Gasteiger partial charge in [0.1, 0.15) is 6.61 Å². The zero-order chi connectivity index (χ0) is 22.3. The van der Waals surface area contributed by atoms with Crippen molar-refractivity contribution < 1.29 is 19.1 Å². The minimum atomic E-state index is -0.462. The molecule has 0 aliphatic carbocycles. The first-order valence-electron chi connectivity index (χ1n) is 9.90. The maximum Gasteiger partial charge on any atom is 0.316 e. The molecule has 164 valence electrons. The molecule has 0 saturated carbocycles. The first-order valence-corrected chi connectivity index (χ1v) is 11.7. The van der Waals surface area contributed by atoms with E-state index >= 15 is 0 Å². The number of esters is 1. The Labute approximate surface area is 193 Å². The highest BCUT2D eigenvalue weighted by Crippen LogP contribution is 2.28. The molecule has 2 heterocycles. The Morgan fingerprint density at radius 1 is 1.09 bits per heavy atom. The first kappa shape index (κ1) is 22.0. The number of nitrogens with one attached hydrogen (secondary N) is 1. The largest absolute Gasteiger partial charge is 0.460 e. The van der Waals surface area contributed by atoms with Crippen LogP contribution in [-0.4, -0.2) is 40.3 Å². The summed E-state index contributed by atoms with van der Waals surface area (Å²) in [6.07, 6.45) is 0.147. The summed E-state index contributed by atoms with van der Waals surface area (Å²) in [7, 11) is 0. The number of amides is 2. The van der Waals surface area contributed by atoms with E-state index in [0.29, 0.717) is 16.0 Å². The lowest BCUT2D eigenvalue weighted by Crippen LogP contribution is -2.28. The molecule has 1 saturated heterocycles. The van der Waals surface area contributed by atoms with E-state index in [1.165, 1.54) is 23.1 Å². The van der Waals surface area contributed by atoms with Crippen molar-refractivity contribution in [1.82, 2.24) is 10.2 Å². The summed E-state index contributed by atoms with van der Waals surface area (Å²) in [5.74, 6) is -1.08. The molecule has 1 aliphatic heterocycles. The van der Waals surface area contributed by atoms with Crippen LogP contribution in [0.5, 0.6) is 0 Å². The van der Waals surface area contributed by atoms with E-state index in [-0.39, 0.29) is 36.6 Å². The number of hydrogen-bond donors (Lipinski definition) is 1. The number of carbonyl (C=O) groups is 3. The van der Waals surface area contributed by atoms with Crippen LogP contribution in [0.15, 0.2) is 65.0 Å². The monoisotopic (exact) mass is 468 g/mol. The second kappa shape index (κ2) is 10.4. The third-order valence-corrected chi connectivity index (χ3v) is 6.70. The van der Waals surface area contributed by atoms with Crippen molar-refractivity contribution in [3.05, 3.63) is 66.2 Å². The minimum absolute atomic E-state index is 0.0844. The molecule has 2 amide bonds. The third kappa shape index (κ3) is 5.71. The van der Waals surface area contributed by atoms with Crippen LogP contribution >= 0.6 is 23.1 Å². The standard InChI is InChI=1S/C22H20N4O4S2/c27-18-11-16(12-26(18)17-9-5-2-6-10-17)20(29)23-21-24-25-22(32-21)31-14-19(28)30-13-15-7-3-1-4-8-15/h1-10,16H,11-14H2,(H,23,24,29). The number of aromatic nitrogens is 2.